The van der Waals surface area contributed by atoms with Gasteiger partial charge in [-0.05, 0) is 0 Å². The number of nitrogens with zero attached hydrogens (tertiary/aromatic N) is 1. The minimum atomic E-state index is -1.75. The molecule has 0 N–H and O–H groups in total. The molecule has 5 heteroatoms. The summed E-state index contributed by atoms with van der Waals surface area (Å²) in [6, 6.07) is 0. The molecule has 4 nitrogen and oxygen atoms in total. The van der Waals surface area contributed by atoms with Crippen LogP contribution in [-0.4, -0.2) is 5.09 Å². The van der Waals surface area contributed by atoms with Crippen molar-refractivity contribution in [1.82, 2.24) is 0 Å². The second-order valence-corrected chi connectivity index (χ2v) is 0.695. The van der Waals surface area contributed by atoms with Gasteiger partial charge in [-0.25, -0.2) is 0 Å². The van der Waals surface area contributed by atoms with Gasteiger partial charge in [-0.3, -0.25) is 0 Å². The van der Waals surface area contributed by atoms with Crippen molar-refractivity contribution in [2.75, 3.05) is 0 Å². The smallest absolute Gasteiger partial charge is 0.356 e. The van der Waals surface area contributed by atoms with Crippen LogP contribution in [0.1, 0.15) is 0 Å². The van der Waals surface area contributed by atoms with Crippen LogP contribution in [0.2, 0.25) is 0 Å². The predicted octanol–water partition coefficient (Wildman–Crippen LogP) is 1.12. The third-order valence-corrected chi connectivity index (χ3v) is 0.167. The summed E-state index contributed by atoms with van der Waals surface area (Å²) in [7, 11) is 0. The molecule has 0 bridgehead atoms. The van der Waals surface area contributed by atoms with Gasteiger partial charge in [0.05, 0.1) is 5.09 Å². The minimum Gasteiger partial charge on any atom is -0.356 e. The third kappa shape index (κ3) is 1230. The fourth-order valence-corrected chi connectivity index (χ4v) is 0. The number of rotatable bonds is 1. The Bertz CT molecular complexity index is 83.8. The summed E-state index contributed by atoms with van der Waals surface area (Å²) in [6.07, 6.45) is 3.28. The van der Waals surface area contributed by atoms with Crippen molar-refractivity contribution in [2.24, 2.45) is 0 Å². The van der Waals surface area contributed by atoms with Crippen LogP contribution in [0.4, 0.5) is 0 Å². The fourth-order valence-electron chi connectivity index (χ4n) is 0. The Balaban J connectivity index is -0.0000000720. The molecule has 0 unspecified atom stereocenters. The molecule has 0 aromatic heterocycles. The monoisotopic (exact) mass is 223 g/mol. The van der Waals surface area contributed by atoms with Crippen LogP contribution in [0.5, 0.6) is 0 Å². The maximum Gasteiger partial charge on any atom is 1.00 e. The van der Waals surface area contributed by atoms with E-state index in [1.807, 2.05) is 0 Å². The largest absolute Gasteiger partial charge is 1.00 e. The number of allylic oxidation sites excluding steroid dienone is 2. The summed E-state index contributed by atoms with van der Waals surface area (Å²) in [5.74, 6) is 0. The second-order valence-electron chi connectivity index (χ2n) is 0.695. The first kappa shape index (κ1) is 15.8. The van der Waals surface area contributed by atoms with Gasteiger partial charge in [0.1, 0.15) is 0 Å². The Morgan fingerprint density at radius 1 is 1.22 bits per heavy atom. The van der Waals surface area contributed by atoms with Gasteiger partial charge >= 0.3 is 22.4 Å². The van der Waals surface area contributed by atoms with Gasteiger partial charge in [-0.1, -0.05) is 25.3 Å². The average Bonchev–Trinajstić information content (AvgIpc) is 1.65. The molecule has 0 saturated carbocycles. The van der Waals surface area contributed by atoms with Crippen LogP contribution in [0.3, 0.4) is 0 Å². The molecule has 0 aliphatic rings. The summed E-state index contributed by atoms with van der Waals surface area (Å²) in [4.78, 5) is 8.25. The van der Waals surface area contributed by atoms with Crippen molar-refractivity contribution in [3.05, 3.63) is 40.6 Å². The van der Waals surface area contributed by atoms with Gasteiger partial charge < -0.3 is 15.3 Å². The predicted molar refractivity (Wildman–Crippen MR) is 30.8 cm³/mol. The molecule has 0 saturated heterocycles. The summed E-state index contributed by atoms with van der Waals surface area (Å²) in [5.41, 5.74) is 0. The molecule has 0 radical (unpaired) electrons. The summed E-state index contributed by atoms with van der Waals surface area (Å²) < 4.78 is 0. The summed E-state index contributed by atoms with van der Waals surface area (Å²) in [5, 5.41) is 14.8. The van der Waals surface area contributed by atoms with Crippen molar-refractivity contribution >= 4 is 0 Å². The zero-order chi connectivity index (χ0) is 6.99. The molecule has 0 amide bonds. The molecular formula is C4H6AgNO3. The van der Waals surface area contributed by atoms with E-state index in [1.54, 1.807) is 12.2 Å². The topological polar surface area (TPSA) is 66.2 Å². The van der Waals surface area contributed by atoms with E-state index < -0.39 is 5.09 Å². The Labute approximate surface area is 68.5 Å². The van der Waals surface area contributed by atoms with E-state index in [-0.39, 0.29) is 22.4 Å². The normalized spacial score (nSPS) is 4.89. The van der Waals surface area contributed by atoms with Gasteiger partial charge in [0, 0.05) is 0 Å². The van der Waals surface area contributed by atoms with Crippen molar-refractivity contribution in [3.63, 3.8) is 0 Å². The first-order chi connectivity index (χ1) is 3.65. The zero-order valence-corrected chi connectivity index (χ0v) is 6.02. The zero-order valence-electron chi connectivity index (χ0n) is 4.54. The Morgan fingerprint density at radius 2 is 1.33 bits per heavy atom. The molecule has 56 valence electrons. The maximum absolute atomic E-state index is 8.25. The Morgan fingerprint density at radius 3 is 1.33 bits per heavy atom. The molecule has 0 atom stereocenters. The van der Waals surface area contributed by atoms with Crippen LogP contribution >= 0.6 is 0 Å². The van der Waals surface area contributed by atoms with Crippen LogP contribution in [0.15, 0.2) is 25.3 Å². The van der Waals surface area contributed by atoms with Gasteiger partial charge in [0.25, 0.3) is 0 Å². The molecule has 9 heavy (non-hydrogen) atoms. The molecule has 0 aliphatic carbocycles. The van der Waals surface area contributed by atoms with E-state index in [1.165, 1.54) is 0 Å². The van der Waals surface area contributed by atoms with Gasteiger partial charge in [0.2, 0.25) is 0 Å². The van der Waals surface area contributed by atoms with E-state index in [2.05, 4.69) is 13.2 Å². The second kappa shape index (κ2) is 15.7. The van der Waals surface area contributed by atoms with Gasteiger partial charge in [-0.2, -0.15) is 0 Å². The number of hydrogen-bond donors (Lipinski definition) is 0. The average molecular weight is 224 g/mol. The van der Waals surface area contributed by atoms with Crippen molar-refractivity contribution < 1.29 is 27.5 Å². The Hall–Kier alpha value is -0.580. The van der Waals surface area contributed by atoms with Crippen molar-refractivity contribution in [2.45, 2.75) is 0 Å². The maximum atomic E-state index is 8.25. The van der Waals surface area contributed by atoms with Crippen LogP contribution in [0, 0.1) is 15.3 Å². The van der Waals surface area contributed by atoms with Gasteiger partial charge in [-0.15, -0.1) is 0 Å². The standard InChI is InChI=1S/C4H6.Ag.NO3/c1-3-4-2;;2-1(3)4/h3-4H,1-2H2;;/q;+1;-1. The summed E-state index contributed by atoms with van der Waals surface area (Å²) in [6.45, 7) is 6.72. The molecule has 0 spiro atoms. The molecule has 0 aromatic carbocycles. The first-order valence-corrected chi connectivity index (χ1v) is 1.70. The minimum absolute atomic E-state index is 0. The van der Waals surface area contributed by atoms with E-state index >= 15 is 0 Å². The fraction of sp³-hybridized carbons (Fsp3) is 0. The molecule has 0 aromatic rings. The van der Waals surface area contributed by atoms with Crippen LogP contribution in [0.25, 0.3) is 0 Å². The molecule has 0 heterocycles. The van der Waals surface area contributed by atoms with E-state index in [0.717, 1.165) is 0 Å². The third-order valence-electron chi connectivity index (χ3n) is 0.167. The number of hydrogen-bond acceptors (Lipinski definition) is 3. The Kier molecular flexibility index (Phi) is 27.4. The van der Waals surface area contributed by atoms with Crippen molar-refractivity contribution in [1.29, 1.82) is 0 Å². The van der Waals surface area contributed by atoms with Crippen molar-refractivity contribution in [3.8, 4) is 0 Å². The van der Waals surface area contributed by atoms with E-state index in [0.29, 0.717) is 0 Å². The quantitative estimate of drug-likeness (QED) is 0.290. The molecule has 0 fully saturated rings. The van der Waals surface area contributed by atoms with Crippen LogP contribution in [-0.2, 0) is 22.4 Å². The van der Waals surface area contributed by atoms with Gasteiger partial charge in [0.15, 0.2) is 0 Å². The summed E-state index contributed by atoms with van der Waals surface area (Å²) >= 11 is 0. The molecule has 0 aliphatic heterocycles. The first-order valence-electron chi connectivity index (χ1n) is 1.70. The SMILES string of the molecule is C=CC=C.O=[N+]([O-])[O-].[Ag+]. The van der Waals surface area contributed by atoms with E-state index in [9.17, 15) is 0 Å². The van der Waals surface area contributed by atoms with E-state index in [4.69, 9.17) is 15.3 Å². The molecule has 0 rings (SSSR count). The molecular weight excluding hydrogens is 218 g/mol. The van der Waals surface area contributed by atoms with Crippen LogP contribution < -0.4 is 0 Å².